The minimum Gasteiger partial charge on any atom is -0.488 e. The average Bonchev–Trinajstić information content (AvgIpc) is 2.55. The topological polar surface area (TPSA) is 72.5 Å². The molecule has 26 heavy (non-hydrogen) atoms. The highest BCUT2D eigenvalue weighted by Gasteiger charge is 2.41. The lowest BCUT2D eigenvalue weighted by Gasteiger charge is -2.30. The second-order valence-electron chi connectivity index (χ2n) is 6.26. The van der Waals surface area contributed by atoms with Crippen LogP contribution in [0.25, 0.3) is 0 Å². The van der Waals surface area contributed by atoms with Crippen molar-refractivity contribution in [1.29, 1.82) is 0 Å². The second-order valence-corrected chi connectivity index (χ2v) is 8.27. The van der Waals surface area contributed by atoms with Gasteiger partial charge in [-0.3, -0.25) is 4.79 Å². The molecule has 0 aliphatic heterocycles. The predicted octanol–water partition coefficient (Wildman–Crippen LogP) is 3.71. The largest absolute Gasteiger partial charge is 0.488 e. The number of carbonyl (C=O) groups excluding carboxylic acids is 1. The molecule has 1 aromatic rings. The Balaban J connectivity index is 2.18. The lowest BCUT2D eigenvalue weighted by molar-refractivity contribution is -0.185. The highest BCUT2D eigenvalue weighted by atomic mass is 32.2. The van der Waals surface area contributed by atoms with Crippen molar-refractivity contribution in [2.75, 3.05) is 11.6 Å². The fraction of sp³-hybridized carbons (Fsp3) is 0.471. The van der Waals surface area contributed by atoms with Crippen LogP contribution in [0.3, 0.4) is 0 Å². The van der Waals surface area contributed by atoms with E-state index in [1.54, 1.807) is 0 Å². The third kappa shape index (κ3) is 5.23. The van der Waals surface area contributed by atoms with Crippen LogP contribution in [0.15, 0.2) is 35.7 Å². The molecule has 0 bridgehead atoms. The molecule has 5 nitrogen and oxygen atoms in total. The number of nitrogens with one attached hydrogen (secondary N) is 1. The molecule has 1 saturated carbocycles. The number of hydrogen-bond acceptors (Lipinski definition) is 4. The Bertz CT molecular complexity index is 782. The van der Waals surface area contributed by atoms with Gasteiger partial charge in [-0.15, -0.1) is 0 Å². The van der Waals surface area contributed by atoms with Crippen LogP contribution < -0.4 is 10.1 Å². The van der Waals surface area contributed by atoms with E-state index in [1.165, 1.54) is 18.2 Å². The normalized spacial score (nSPS) is 21.1. The summed E-state index contributed by atoms with van der Waals surface area (Å²) < 4.78 is 67.4. The molecule has 0 aromatic heterocycles. The first kappa shape index (κ1) is 20.3. The van der Waals surface area contributed by atoms with Crippen LogP contribution in [0.5, 0.6) is 5.75 Å². The van der Waals surface area contributed by atoms with Gasteiger partial charge in [-0.05, 0) is 50.0 Å². The first-order valence-electron chi connectivity index (χ1n) is 8.01. The van der Waals surface area contributed by atoms with E-state index in [0.717, 1.165) is 12.3 Å². The van der Waals surface area contributed by atoms with Gasteiger partial charge in [-0.1, -0.05) is 6.58 Å². The van der Waals surface area contributed by atoms with Gasteiger partial charge in [0.1, 0.15) is 5.75 Å². The zero-order chi connectivity index (χ0) is 19.5. The number of carbonyl (C=O) groups is 1. The Kier molecular flexibility index (Phi) is 6.00. The minimum absolute atomic E-state index is 0.00927. The predicted molar refractivity (Wildman–Crippen MR) is 90.8 cm³/mol. The standard InChI is InChI=1S/C17H20F3NO4S/c1-3-16(22)21-14-10-13(26(2,23)24)8-9-15(14)25-12-6-4-11(5-7-12)17(18,19)20/h3,8-12H,1,4-7H2,2H3,(H,21,22). The molecule has 0 heterocycles. The first-order valence-corrected chi connectivity index (χ1v) is 9.90. The molecular weight excluding hydrogens is 371 g/mol. The Morgan fingerprint density at radius 2 is 1.88 bits per heavy atom. The van der Waals surface area contributed by atoms with Crippen molar-refractivity contribution in [3.8, 4) is 5.75 Å². The third-order valence-electron chi connectivity index (χ3n) is 4.25. The highest BCUT2D eigenvalue weighted by molar-refractivity contribution is 7.90. The Hall–Kier alpha value is -2.03. The number of halogens is 3. The fourth-order valence-electron chi connectivity index (χ4n) is 2.81. The zero-order valence-electron chi connectivity index (χ0n) is 14.2. The van der Waals surface area contributed by atoms with Gasteiger partial charge in [0.05, 0.1) is 22.6 Å². The van der Waals surface area contributed by atoms with E-state index in [4.69, 9.17) is 4.74 Å². The van der Waals surface area contributed by atoms with E-state index < -0.39 is 33.9 Å². The Morgan fingerprint density at radius 1 is 1.27 bits per heavy atom. The van der Waals surface area contributed by atoms with Crippen LogP contribution in [0.2, 0.25) is 0 Å². The minimum atomic E-state index is -4.20. The van der Waals surface area contributed by atoms with Crippen LogP contribution in [-0.4, -0.2) is 32.9 Å². The molecule has 1 aliphatic rings. The molecule has 0 atom stereocenters. The molecule has 1 fully saturated rings. The molecule has 0 saturated heterocycles. The number of alkyl halides is 3. The van der Waals surface area contributed by atoms with Crippen LogP contribution in [0.1, 0.15) is 25.7 Å². The molecule has 1 amide bonds. The second kappa shape index (κ2) is 7.69. The molecule has 0 radical (unpaired) electrons. The molecule has 1 aromatic carbocycles. The van der Waals surface area contributed by atoms with Gasteiger partial charge in [0.15, 0.2) is 9.84 Å². The van der Waals surface area contributed by atoms with Gasteiger partial charge in [-0.25, -0.2) is 8.42 Å². The van der Waals surface area contributed by atoms with Crippen molar-refractivity contribution < 1.29 is 31.1 Å². The van der Waals surface area contributed by atoms with Gasteiger partial charge in [0.2, 0.25) is 5.91 Å². The lowest BCUT2D eigenvalue weighted by Crippen LogP contribution is -2.32. The van der Waals surface area contributed by atoms with Crippen LogP contribution >= 0.6 is 0 Å². The van der Waals surface area contributed by atoms with Gasteiger partial charge in [0.25, 0.3) is 0 Å². The Morgan fingerprint density at radius 3 is 2.38 bits per heavy atom. The van der Waals surface area contributed by atoms with Gasteiger partial charge in [-0.2, -0.15) is 13.2 Å². The van der Waals surface area contributed by atoms with Gasteiger partial charge >= 0.3 is 6.18 Å². The number of hydrogen-bond donors (Lipinski definition) is 1. The van der Waals surface area contributed by atoms with Crippen molar-refractivity contribution in [1.82, 2.24) is 0 Å². The summed E-state index contributed by atoms with van der Waals surface area (Å²) in [5.41, 5.74) is 0.135. The third-order valence-corrected chi connectivity index (χ3v) is 5.36. The maximum Gasteiger partial charge on any atom is 0.391 e. The summed E-state index contributed by atoms with van der Waals surface area (Å²) in [4.78, 5) is 11.6. The van der Waals surface area contributed by atoms with E-state index in [-0.39, 0.29) is 42.0 Å². The summed E-state index contributed by atoms with van der Waals surface area (Å²) in [6.07, 6.45) is -2.18. The van der Waals surface area contributed by atoms with E-state index >= 15 is 0 Å². The molecular formula is C17H20F3NO4S. The monoisotopic (exact) mass is 391 g/mol. The van der Waals surface area contributed by atoms with Crippen molar-refractivity contribution in [2.24, 2.45) is 5.92 Å². The molecule has 9 heteroatoms. The van der Waals surface area contributed by atoms with Crippen molar-refractivity contribution >= 4 is 21.4 Å². The Labute approximate surface area is 150 Å². The number of rotatable bonds is 5. The van der Waals surface area contributed by atoms with E-state index in [0.29, 0.717) is 0 Å². The number of sulfone groups is 1. The van der Waals surface area contributed by atoms with Crippen LogP contribution in [-0.2, 0) is 14.6 Å². The van der Waals surface area contributed by atoms with Gasteiger partial charge in [0, 0.05) is 6.26 Å². The molecule has 2 rings (SSSR count). The van der Waals surface area contributed by atoms with E-state index in [1.807, 2.05) is 0 Å². The number of amides is 1. The zero-order valence-corrected chi connectivity index (χ0v) is 15.0. The molecule has 0 unspecified atom stereocenters. The molecule has 1 N–H and O–H groups in total. The smallest absolute Gasteiger partial charge is 0.391 e. The molecule has 0 spiro atoms. The van der Waals surface area contributed by atoms with E-state index in [2.05, 4.69) is 11.9 Å². The number of anilines is 1. The summed E-state index contributed by atoms with van der Waals surface area (Å²) in [7, 11) is -3.50. The maximum atomic E-state index is 12.7. The summed E-state index contributed by atoms with van der Waals surface area (Å²) >= 11 is 0. The summed E-state index contributed by atoms with van der Waals surface area (Å²) in [6, 6.07) is 3.98. The molecule has 1 aliphatic carbocycles. The molecule has 144 valence electrons. The summed E-state index contributed by atoms with van der Waals surface area (Å²) in [5, 5.41) is 2.47. The summed E-state index contributed by atoms with van der Waals surface area (Å²) in [6.45, 7) is 3.33. The first-order chi connectivity index (χ1) is 12.0. The van der Waals surface area contributed by atoms with Crippen molar-refractivity contribution in [2.45, 2.75) is 42.9 Å². The highest BCUT2D eigenvalue weighted by Crippen LogP contribution is 2.39. The lowest BCUT2D eigenvalue weighted by atomic mass is 9.87. The van der Waals surface area contributed by atoms with Gasteiger partial charge < -0.3 is 10.1 Å². The quantitative estimate of drug-likeness (QED) is 0.777. The SMILES string of the molecule is C=CC(=O)Nc1cc(S(C)(=O)=O)ccc1OC1CCC(C(F)(F)F)CC1. The van der Waals surface area contributed by atoms with Crippen LogP contribution in [0.4, 0.5) is 18.9 Å². The fourth-order valence-corrected chi connectivity index (χ4v) is 3.46. The number of ether oxygens (including phenoxy) is 1. The van der Waals surface area contributed by atoms with Crippen LogP contribution in [0, 0.1) is 5.92 Å². The van der Waals surface area contributed by atoms with Crippen molar-refractivity contribution in [3.63, 3.8) is 0 Å². The van der Waals surface area contributed by atoms with E-state index in [9.17, 15) is 26.4 Å². The maximum absolute atomic E-state index is 12.7. The summed E-state index contributed by atoms with van der Waals surface area (Å²) in [5.74, 6) is -1.67. The number of benzene rings is 1. The average molecular weight is 391 g/mol. The van der Waals surface area contributed by atoms with Crippen molar-refractivity contribution in [3.05, 3.63) is 30.9 Å².